The Kier molecular flexibility index (Phi) is 2.77. The molecule has 1 aliphatic rings. The van der Waals surface area contributed by atoms with Crippen molar-refractivity contribution >= 4 is 27.3 Å². The summed E-state index contributed by atoms with van der Waals surface area (Å²) in [5, 5.41) is 7.02. The quantitative estimate of drug-likeness (QED) is 0.828. The van der Waals surface area contributed by atoms with Gasteiger partial charge in [0.05, 0.1) is 17.4 Å². The molecule has 0 fully saturated rings. The molecule has 1 heterocycles. The Morgan fingerprint density at radius 3 is 2.65 bits per heavy atom. The Balaban J connectivity index is 1.90. The van der Waals surface area contributed by atoms with Gasteiger partial charge in [-0.3, -0.25) is 0 Å². The Labute approximate surface area is 109 Å². The second kappa shape index (κ2) is 4.41. The van der Waals surface area contributed by atoms with E-state index in [0.717, 1.165) is 16.7 Å². The van der Waals surface area contributed by atoms with Crippen LogP contribution >= 0.6 is 15.9 Å². The molecule has 0 spiro atoms. The highest BCUT2D eigenvalue weighted by molar-refractivity contribution is 9.10. The SMILES string of the molecule is Brc1ccc2c(c1)NC(c1ccccc1)CN2. The first-order valence-electron chi connectivity index (χ1n) is 5.68. The molecule has 2 aromatic carbocycles. The van der Waals surface area contributed by atoms with Gasteiger partial charge < -0.3 is 10.6 Å². The van der Waals surface area contributed by atoms with E-state index in [9.17, 15) is 0 Å². The van der Waals surface area contributed by atoms with E-state index in [4.69, 9.17) is 0 Å². The first kappa shape index (κ1) is 10.7. The van der Waals surface area contributed by atoms with Gasteiger partial charge in [0.1, 0.15) is 0 Å². The summed E-state index contributed by atoms with van der Waals surface area (Å²) in [6, 6.07) is 17.1. The highest BCUT2D eigenvalue weighted by Crippen LogP contribution is 2.33. The van der Waals surface area contributed by atoms with Crippen LogP contribution in [0.3, 0.4) is 0 Å². The van der Waals surface area contributed by atoms with Crippen LogP contribution in [0.25, 0.3) is 0 Å². The zero-order valence-corrected chi connectivity index (χ0v) is 10.9. The number of halogens is 1. The van der Waals surface area contributed by atoms with E-state index in [1.54, 1.807) is 0 Å². The molecule has 0 bridgehead atoms. The van der Waals surface area contributed by atoms with Crippen molar-refractivity contribution in [1.29, 1.82) is 0 Å². The van der Waals surface area contributed by atoms with E-state index in [0.29, 0.717) is 6.04 Å². The standard InChI is InChI=1S/C14H13BrN2/c15-11-6-7-12-13(8-11)17-14(9-16-12)10-4-2-1-3-5-10/h1-8,14,16-17H,9H2. The molecule has 2 aromatic rings. The fourth-order valence-corrected chi connectivity index (χ4v) is 2.49. The molecule has 0 radical (unpaired) electrons. The Morgan fingerprint density at radius 2 is 1.82 bits per heavy atom. The Morgan fingerprint density at radius 1 is 1.00 bits per heavy atom. The highest BCUT2D eigenvalue weighted by atomic mass is 79.9. The summed E-state index contributed by atoms with van der Waals surface area (Å²) in [4.78, 5) is 0. The van der Waals surface area contributed by atoms with Crippen LogP contribution in [0.1, 0.15) is 11.6 Å². The molecule has 1 unspecified atom stereocenters. The maximum atomic E-state index is 3.56. The summed E-state index contributed by atoms with van der Waals surface area (Å²) in [6.45, 7) is 0.915. The summed E-state index contributed by atoms with van der Waals surface area (Å²) >= 11 is 3.50. The summed E-state index contributed by atoms with van der Waals surface area (Å²) in [5.41, 5.74) is 3.63. The average molecular weight is 289 g/mol. The topological polar surface area (TPSA) is 24.1 Å². The van der Waals surface area contributed by atoms with Gasteiger partial charge >= 0.3 is 0 Å². The molecule has 0 amide bonds. The van der Waals surface area contributed by atoms with Gasteiger partial charge in [0, 0.05) is 11.0 Å². The van der Waals surface area contributed by atoms with Crippen LogP contribution in [0.4, 0.5) is 11.4 Å². The first-order chi connectivity index (χ1) is 8.33. The van der Waals surface area contributed by atoms with Crippen molar-refractivity contribution in [1.82, 2.24) is 0 Å². The summed E-state index contributed by atoms with van der Waals surface area (Å²) < 4.78 is 1.10. The average Bonchev–Trinajstić information content (AvgIpc) is 2.39. The van der Waals surface area contributed by atoms with E-state index in [1.807, 2.05) is 6.07 Å². The second-order valence-electron chi connectivity index (χ2n) is 4.18. The minimum atomic E-state index is 0.331. The third-order valence-corrected chi connectivity index (χ3v) is 3.50. The van der Waals surface area contributed by atoms with Crippen LogP contribution in [0.5, 0.6) is 0 Å². The van der Waals surface area contributed by atoms with Gasteiger partial charge in [-0.05, 0) is 23.8 Å². The van der Waals surface area contributed by atoms with Crippen molar-refractivity contribution in [3.63, 3.8) is 0 Å². The van der Waals surface area contributed by atoms with E-state index < -0.39 is 0 Å². The van der Waals surface area contributed by atoms with Crippen molar-refractivity contribution < 1.29 is 0 Å². The molecule has 3 rings (SSSR count). The lowest BCUT2D eigenvalue weighted by Crippen LogP contribution is -2.25. The number of hydrogen-bond acceptors (Lipinski definition) is 2. The van der Waals surface area contributed by atoms with Gasteiger partial charge in [0.2, 0.25) is 0 Å². The van der Waals surface area contributed by atoms with Gasteiger partial charge in [0.15, 0.2) is 0 Å². The molecular formula is C14H13BrN2. The van der Waals surface area contributed by atoms with Crippen LogP contribution in [0, 0.1) is 0 Å². The molecule has 0 saturated carbocycles. The maximum Gasteiger partial charge on any atom is 0.0687 e. The molecule has 2 N–H and O–H groups in total. The third-order valence-electron chi connectivity index (χ3n) is 3.01. The molecule has 1 aliphatic heterocycles. The molecule has 2 nitrogen and oxygen atoms in total. The fourth-order valence-electron chi connectivity index (χ4n) is 2.13. The number of fused-ring (bicyclic) bond motifs is 1. The predicted molar refractivity (Wildman–Crippen MR) is 75.4 cm³/mol. The lowest BCUT2D eigenvalue weighted by molar-refractivity contribution is 0.803. The van der Waals surface area contributed by atoms with E-state index in [-0.39, 0.29) is 0 Å². The van der Waals surface area contributed by atoms with Gasteiger partial charge in [-0.15, -0.1) is 0 Å². The van der Waals surface area contributed by atoms with Gasteiger partial charge in [-0.1, -0.05) is 46.3 Å². The van der Waals surface area contributed by atoms with Crippen molar-refractivity contribution in [2.24, 2.45) is 0 Å². The van der Waals surface area contributed by atoms with Crippen molar-refractivity contribution in [3.05, 3.63) is 58.6 Å². The molecule has 17 heavy (non-hydrogen) atoms. The summed E-state index contributed by atoms with van der Waals surface area (Å²) in [7, 11) is 0. The van der Waals surface area contributed by atoms with Crippen molar-refractivity contribution in [3.8, 4) is 0 Å². The number of anilines is 2. The second-order valence-corrected chi connectivity index (χ2v) is 5.09. The van der Waals surface area contributed by atoms with Crippen molar-refractivity contribution in [2.45, 2.75) is 6.04 Å². The molecular weight excluding hydrogens is 276 g/mol. The largest absolute Gasteiger partial charge is 0.381 e. The predicted octanol–water partition coefficient (Wildman–Crippen LogP) is 4.03. The first-order valence-corrected chi connectivity index (χ1v) is 6.47. The molecule has 86 valence electrons. The van der Waals surface area contributed by atoms with Crippen LogP contribution in [0.2, 0.25) is 0 Å². The van der Waals surface area contributed by atoms with Crippen LogP contribution < -0.4 is 10.6 Å². The number of rotatable bonds is 1. The molecule has 3 heteroatoms. The van der Waals surface area contributed by atoms with Gasteiger partial charge in [-0.2, -0.15) is 0 Å². The van der Waals surface area contributed by atoms with Gasteiger partial charge in [0.25, 0.3) is 0 Å². The highest BCUT2D eigenvalue weighted by Gasteiger charge is 2.18. The Bertz CT molecular complexity index is 525. The molecule has 0 saturated heterocycles. The van der Waals surface area contributed by atoms with Crippen molar-refractivity contribution in [2.75, 3.05) is 17.2 Å². The molecule has 1 atom stereocenters. The smallest absolute Gasteiger partial charge is 0.0687 e. The minimum Gasteiger partial charge on any atom is -0.381 e. The third kappa shape index (κ3) is 2.15. The number of hydrogen-bond donors (Lipinski definition) is 2. The van der Waals surface area contributed by atoms with Crippen LogP contribution in [-0.4, -0.2) is 6.54 Å². The van der Waals surface area contributed by atoms with E-state index in [1.165, 1.54) is 11.3 Å². The lowest BCUT2D eigenvalue weighted by atomic mass is 10.0. The van der Waals surface area contributed by atoms with Crippen LogP contribution in [-0.2, 0) is 0 Å². The lowest BCUT2D eigenvalue weighted by Gasteiger charge is -2.28. The normalized spacial score (nSPS) is 17.8. The minimum absolute atomic E-state index is 0.331. The fraction of sp³-hybridized carbons (Fsp3) is 0.143. The van der Waals surface area contributed by atoms with E-state index >= 15 is 0 Å². The number of benzene rings is 2. The summed E-state index contributed by atoms with van der Waals surface area (Å²) in [6.07, 6.45) is 0. The monoisotopic (exact) mass is 288 g/mol. The Hall–Kier alpha value is -1.48. The maximum absolute atomic E-state index is 3.56. The zero-order valence-electron chi connectivity index (χ0n) is 9.28. The molecule has 0 aliphatic carbocycles. The van der Waals surface area contributed by atoms with Gasteiger partial charge in [-0.25, -0.2) is 0 Å². The van der Waals surface area contributed by atoms with E-state index in [2.05, 4.69) is 69.0 Å². The summed E-state index contributed by atoms with van der Waals surface area (Å²) in [5.74, 6) is 0. The van der Waals surface area contributed by atoms with Crippen LogP contribution in [0.15, 0.2) is 53.0 Å². The zero-order chi connectivity index (χ0) is 11.7. The molecule has 0 aromatic heterocycles. The number of nitrogens with one attached hydrogen (secondary N) is 2.